The first-order valence-electron chi connectivity index (χ1n) is 8.91. The zero-order valence-electron chi connectivity index (χ0n) is 16.0. The van der Waals surface area contributed by atoms with Gasteiger partial charge in [-0.25, -0.2) is 4.79 Å². The lowest BCUT2D eigenvalue weighted by Gasteiger charge is -2.15. The van der Waals surface area contributed by atoms with E-state index in [1.807, 2.05) is 38.1 Å². The number of amides is 1. The van der Waals surface area contributed by atoms with Crippen LogP contribution in [0, 0.1) is 13.8 Å². The predicted molar refractivity (Wildman–Crippen MR) is 107 cm³/mol. The van der Waals surface area contributed by atoms with Crippen LogP contribution in [0.15, 0.2) is 51.7 Å². The third-order valence-corrected chi connectivity index (χ3v) is 4.38. The second kappa shape index (κ2) is 7.66. The monoisotopic (exact) mass is 365 g/mol. The Kier molecular flexibility index (Phi) is 5.31. The molecule has 0 fully saturated rings. The molecular formula is C22H23NO4. The van der Waals surface area contributed by atoms with Crippen LogP contribution in [0.5, 0.6) is 5.75 Å². The van der Waals surface area contributed by atoms with Crippen molar-refractivity contribution in [1.82, 2.24) is 0 Å². The summed E-state index contributed by atoms with van der Waals surface area (Å²) in [6, 6.07) is 12.7. The summed E-state index contributed by atoms with van der Waals surface area (Å²) in [6.45, 7) is 7.91. The lowest BCUT2D eigenvalue weighted by atomic mass is 10.0. The molecule has 1 aromatic heterocycles. The van der Waals surface area contributed by atoms with Gasteiger partial charge in [0.1, 0.15) is 11.3 Å². The lowest BCUT2D eigenvalue weighted by molar-refractivity contribution is -0.118. The van der Waals surface area contributed by atoms with Crippen molar-refractivity contribution >= 4 is 22.6 Å². The van der Waals surface area contributed by atoms with Gasteiger partial charge in [-0.3, -0.25) is 4.79 Å². The Morgan fingerprint density at radius 3 is 2.63 bits per heavy atom. The quantitative estimate of drug-likeness (QED) is 0.674. The minimum absolute atomic E-state index is 0.0982. The normalized spacial score (nSPS) is 11.0. The molecule has 0 radical (unpaired) electrons. The molecule has 27 heavy (non-hydrogen) atoms. The minimum Gasteiger partial charge on any atom is -0.483 e. The van der Waals surface area contributed by atoms with Gasteiger partial charge in [0.15, 0.2) is 6.61 Å². The highest BCUT2D eigenvalue weighted by molar-refractivity contribution is 5.94. The summed E-state index contributed by atoms with van der Waals surface area (Å²) in [5, 5.41) is 3.62. The van der Waals surface area contributed by atoms with Crippen LogP contribution in [0.25, 0.3) is 11.0 Å². The van der Waals surface area contributed by atoms with E-state index in [0.717, 1.165) is 27.8 Å². The molecule has 1 N–H and O–H groups in total. The van der Waals surface area contributed by atoms with Crippen LogP contribution in [-0.2, 0) is 4.79 Å². The molecule has 2 aromatic carbocycles. The van der Waals surface area contributed by atoms with Crippen molar-refractivity contribution in [2.45, 2.75) is 33.6 Å². The van der Waals surface area contributed by atoms with Crippen molar-refractivity contribution < 1.29 is 13.9 Å². The number of carbonyl (C=O) groups is 1. The van der Waals surface area contributed by atoms with Crippen LogP contribution < -0.4 is 15.7 Å². The first-order valence-corrected chi connectivity index (χ1v) is 8.91. The molecule has 0 unspecified atom stereocenters. The van der Waals surface area contributed by atoms with Gasteiger partial charge in [0.2, 0.25) is 0 Å². The van der Waals surface area contributed by atoms with E-state index in [9.17, 15) is 9.59 Å². The second-order valence-corrected chi connectivity index (χ2v) is 6.99. The summed E-state index contributed by atoms with van der Waals surface area (Å²) in [5.74, 6) is 0.746. The summed E-state index contributed by atoms with van der Waals surface area (Å²) in [7, 11) is 0. The van der Waals surface area contributed by atoms with E-state index >= 15 is 0 Å². The molecule has 1 heterocycles. The van der Waals surface area contributed by atoms with Gasteiger partial charge in [0.25, 0.3) is 5.91 Å². The zero-order valence-corrected chi connectivity index (χ0v) is 16.0. The number of ether oxygens (including phenoxy) is 1. The Hall–Kier alpha value is -3.08. The number of rotatable bonds is 5. The Bertz CT molecular complexity index is 1050. The Balaban J connectivity index is 1.72. The summed E-state index contributed by atoms with van der Waals surface area (Å²) in [6.07, 6.45) is 0. The number of fused-ring (bicyclic) bond motifs is 1. The molecule has 0 bridgehead atoms. The topological polar surface area (TPSA) is 68.5 Å². The summed E-state index contributed by atoms with van der Waals surface area (Å²) in [4.78, 5) is 23.8. The minimum atomic E-state index is -0.410. The molecule has 0 saturated heterocycles. The maximum atomic E-state index is 12.3. The van der Waals surface area contributed by atoms with Crippen LogP contribution in [0.1, 0.15) is 36.5 Å². The molecule has 0 aliphatic heterocycles. The van der Waals surface area contributed by atoms with Crippen LogP contribution in [0.3, 0.4) is 0 Å². The van der Waals surface area contributed by atoms with Gasteiger partial charge < -0.3 is 14.5 Å². The molecular weight excluding hydrogens is 342 g/mol. The highest BCUT2D eigenvalue weighted by Gasteiger charge is 2.11. The van der Waals surface area contributed by atoms with Gasteiger partial charge in [-0.15, -0.1) is 0 Å². The van der Waals surface area contributed by atoms with E-state index in [0.29, 0.717) is 17.2 Å². The molecule has 3 rings (SSSR count). The average Bonchev–Trinajstić information content (AvgIpc) is 2.59. The van der Waals surface area contributed by atoms with Gasteiger partial charge in [0.05, 0.1) is 0 Å². The molecule has 0 aliphatic rings. The number of benzene rings is 2. The molecule has 5 nitrogen and oxygen atoms in total. The first kappa shape index (κ1) is 18.7. The van der Waals surface area contributed by atoms with Crippen LogP contribution >= 0.6 is 0 Å². The van der Waals surface area contributed by atoms with E-state index in [1.54, 1.807) is 12.1 Å². The second-order valence-electron chi connectivity index (χ2n) is 6.99. The SMILES string of the molecule is Cc1ccc(C(C)C)c(OCC(=O)Nc2ccc3c(C)cc(=O)oc3c2)c1. The third kappa shape index (κ3) is 4.37. The van der Waals surface area contributed by atoms with Crippen molar-refractivity contribution in [3.8, 4) is 5.75 Å². The van der Waals surface area contributed by atoms with E-state index in [2.05, 4.69) is 19.2 Å². The first-order chi connectivity index (χ1) is 12.8. The van der Waals surface area contributed by atoms with E-state index in [4.69, 9.17) is 9.15 Å². The Labute approximate surface area is 158 Å². The maximum absolute atomic E-state index is 12.3. The molecule has 140 valence electrons. The lowest BCUT2D eigenvalue weighted by Crippen LogP contribution is -2.20. The Morgan fingerprint density at radius 2 is 1.89 bits per heavy atom. The number of hydrogen-bond acceptors (Lipinski definition) is 4. The van der Waals surface area contributed by atoms with Gasteiger partial charge >= 0.3 is 5.63 Å². The molecule has 5 heteroatoms. The Morgan fingerprint density at radius 1 is 1.11 bits per heavy atom. The van der Waals surface area contributed by atoms with Gasteiger partial charge in [-0.2, -0.15) is 0 Å². The molecule has 0 saturated carbocycles. The van der Waals surface area contributed by atoms with E-state index in [-0.39, 0.29) is 12.5 Å². The fraction of sp³-hybridized carbons (Fsp3) is 0.273. The molecule has 0 aliphatic carbocycles. The van der Waals surface area contributed by atoms with E-state index in [1.165, 1.54) is 6.07 Å². The van der Waals surface area contributed by atoms with Crippen molar-refractivity contribution in [3.63, 3.8) is 0 Å². The third-order valence-electron chi connectivity index (χ3n) is 4.38. The van der Waals surface area contributed by atoms with Crippen molar-refractivity contribution in [3.05, 3.63) is 69.6 Å². The fourth-order valence-electron chi connectivity index (χ4n) is 2.99. The van der Waals surface area contributed by atoms with E-state index < -0.39 is 5.63 Å². The van der Waals surface area contributed by atoms with Gasteiger partial charge in [-0.05, 0) is 54.7 Å². The number of carbonyl (C=O) groups excluding carboxylic acids is 1. The van der Waals surface area contributed by atoms with Crippen LogP contribution in [0.4, 0.5) is 5.69 Å². The van der Waals surface area contributed by atoms with Gasteiger partial charge in [0, 0.05) is 23.2 Å². The number of aryl methyl sites for hydroxylation is 2. The van der Waals surface area contributed by atoms with Crippen LogP contribution in [-0.4, -0.2) is 12.5 Å². The van der Waals surface area contributed by atoms with Crippen molar-refractivity contribution in [2.24, 2.45) is 0 Å². The summed E-state index contributed by atoms with van der Waals surface area (Å²) >= 11 is 0. The predicted octanol–water partition coefficient (Wildman–Crippen LogP) is 4.55. The molecule has 3 aromatic rings. The summed E-state index contributed by atoms with van der Waals surface area (Å²) in [5.41, 5.74) is 3.57. The molecule has 0 atom stereocenters. The zero-order chi connectivity index (χ0) is 19.6. The van der Waals surface area contributed by atoms with Crippen molar-refractivity contribution in [1.29, 1.82) is 0 Å². The summed E-state index contributed by atoms with van der Waals surface area (Å²) < 4.78 is 11.0. The molecule has 1 amide bonds. The smallest absolute Gasteiger partial charge is 0.336 e. The van der Waals surface area contributed by atoms with Gasteiger partial charge in [-0.1, -0.05) is 26.0 Å². The maximum Gasteiger partial charge on any atom is 0.336 e. The highest BCUT2D eigenvalue weighted by Crippen LogP contribution is 2.27. The number of anilines is 1. The largest absolute Gasteiger partial charge is 0.483 e. The number of nitrogens with one attached hydrogen (secondary N) is 1. The molecule has 0 spiro atoms. The highest BCUT2D eigenvalue weighted by atomic mass is 16.5. The fourth-order valence-corrected chi connectivity index (χ4v) is 2.99. The number of hydrogen-bond donors (Lipinski definition) is 1. The van der Waals surface area contributed by atoms with Crippen LogP contribution in [0.2, 0.25) is 0 Å². The standard InChI is InChI=1S/C22H23NO4/c1-13(2)17-7-5-14(3)9-19(17)26-12-21(24)23-16-6-8-18-15(4)10-22(25)27-20(18)11-16/h5-11,13H,12H2,1-4H3,(H,23,24). The van der Waals surface area contributed by atoms with Crippen molar-refractivity contribution in [2.75, 3.05) is 11.9 Å². The average molecular weight is 365 g/mol.